The van der Waals surface area contributed by atoms with Gasteiger partial charge < -0.3 is 10.5 Å². The molecule has 3 rings (SSSR count). The molecule has 1 aromatic carbocycles. The van der Waals surface area contributed by atoms with Crippen LogP contribution in [0.3, 0.4) is 0 Å². The molecule has 0 aliphatic heterocycles. The van der Waals surface area contributed by atoms with Crippen molar-refractivity contribution in [2.45, 2.75) is 6.92 Å². The molecule has 4 nitrogen and oxygen atoms in total. The summed E-state index contributed by atoms with van der Waals surface area (Å²) in [5.41, 5.74) is 9.10. The molecule has 0 bridgehead atoms. The van der Waals surface area contributed by atoms with E-state index in [1.807, 2.05) is 35.6 Å². The highest BCUT2D eigenvalue weighted by Gasteiger charge is 2.12. The molecule has 18 heavy (non-hydrogen) atoms. The molecule has 0 atom stereocenters. The fourth-order valence-electron chi connectivity index (χ4n) is 1.95. The Kier molecular flexibility index (Phi) is 2.48. The Morgan fingerprint density at radius 1 is 1.28 bits per heavy atom. The smallest absolute Gasteiger partial charge is 0.196 e. The second kappa shape index (κ2) is 4.03. The highest BCUT2D eigenvalue weighted by atomic mass is 32.1. The first-order valence-corrected chi connectivity index (χ1v) is 6.45. The lowest BCUT2D eigenvalue weighted by Gasteiger charge is -2.03. The van der Waals surface area contributed by atoms with Crippen LogP contribution in [0, 0.1) is 6.92 Å². The van der Waals surface area contributed by atoms with Crippen LogP contribution in [0.1, 0.15) is 5.69 Å². The fraction of sp³-hybridized carbons (Fsp3) is 0.154. The van der Waals surface area contributed by atoms with Crippen LogP contribution in [0.15, 0.2) is 29.6 Å². The number of aromatic nitrogens is 2. The van der Waals surface area contributed by atoms with Gasteiger partial charge in [-0.2, -0.15) is 0 Å². The molecule has 0 aliphatic carbocycles. The van der Waals surface area contributed by atoms with Gasteiger partial charge in [0.05, 0.1) is 18.5 Å². The Bertz CT molecular complexity index is 697. The molecule has 0 spiro atoms. The van der Waals surface area contributed by atoms with Crippen LogP contribution < -0.4 is 10.5 Å². The third kappa shape index (κ3) is 1.55. The van der Waals surface area contributed by atoms with Crippen LogP contribution in [0.4, 0.5) is 5.82 Å². The summed E-state index contributed by atoms with van der Waals surface area (Å²) in [4.78, 5) is 5.35. The maximum atomic E-state index is 6.06. The molecular weight excluding hydrogens is 246 g/mol. The highest BCUT2D eigenvalue weighted by molar-refractivity contribution is 7.15. The van der Waals surface area contributed by atoms with Crippen molar-refractivity contribution in [2.75, 3.05) is 12.8 Å². The lowest BCUT2D eigenvalue weighted by molar-refractivity contribution is 0.415. The third-order valence-corrected chi connectivity index (χ3v) is 3.79. The number of aryl methyl sites for hydroxylation is 1. The molecule has 0 saturated heterocycles. The Morgan fingerprint density at radius 3 is 2.67 bits per heavy atom. The standard InChI is InChI=1S/C13H13N3OS/c1-8-12(14)16-11(7-18-13(16)15-8)9-3-5-10(17-2)6-4-9/h3-7H,14H2,1-2H3. The summed E-state index contributed by atoms with van der Waals surface area (Å²) in [7, 11) is 1.66. The molecule has 0 aliphatic rings. The van der Waals surface area contributed by atoms with E-state index in [0.717, 1.165) is 27.7 Å². The zero-order valence-corrected chi connectivity index (χ0v) is 11.0. The number of thiazole rings is 1. The number of ether oxygens (including phenoxy) is 1. The molecule has 0 radical (unpaired) electrons. The van der Waals surface area contributed by atoms with Crippen molar-refractivity contribution in [3.63, 3.8) is 0 Å². The number of hydrogen-bond acceptors (Lipinski definition) is 4. The molecule has 2 aromatic heterocycles. The van der Waals surface area contributed by atoms with Gasteiger partial charge >= 0.3 is 0 Å². The highest BCUT2D eigenvalue weighted by Crippen LogP contribution is 2.30. The van der Waals surface area contributed by atoms with Crippen LogP contribution >= 0.6 is 11.3 Å². The van der Waals surface area contributed by atoms with Crippen LogP contribution in [-0.4, -0.2) is 16.5 Å². The van der Waals surface area contributed by atoms with E-state index in [9.17, 15) is 0 Å². The molecule has 92 valence electrons. The van der Waals surface area contributed by atoms with Gasteiger partial charge in [0.2, 0.25) is 0 Å². The number of hydrogen-bond donors (Lipinski definition) is 1. The average Bonchev–Trinajstić information content (AvgIpc) is 2.92. The number of benzene rings is 1. The summed E-state index contributed by atoms with van der Waals surface area (Å²) < 4.78 is 7.15. The lowest BCUT2D eigenvalue weighted by Crippen LogP contribution is -1.95. The van der Waals surface area contributed by atoms with E-state index in [-0.39, 0.29) is 0 Å². The number of nitrogen functional groups attached to an aromatic ring is 1. The van der Waals surface area contributed by atoms with Crippen LogP contribution in [-0.2, 0) is 0 Å². The van der Waals surface area contributed by atoms with Gasteiger partial charge in [0.1, 0.15) is 11.6 Å². The fourth-order valence-corrected chi connectivity index (χ4v) is 2.90. The number of imidazole rings is 1. The van der Waals surface area contributed by atoms with Gasteiger partial charge in [-0.3, -0.25) is 4.40 Å². The molecule has 0 fully saturated rings. The Balaban J connectivity index is 2.18. The van der Waals surface area contributed by atoms with Gasteiger partial charge in [-0.05, 0) is 36.8 Å². The summed E-state index contributed by atoms with van der Waals surface area (Å²) in [6, 6.07) is 7.93. The monoisotopic (exact) mass is 259 g/mol. The number of nitrogens with zero attached hydrogens (tertiary/aromatic N) is 2. The molecule has 2 N–H and O–H groups in total. The molecule has 0 amide bonds. The summed E-state index contributed by atoms with van der Waals surface area (Å²) >= 11 is 1.59. The number of anilines is 1. The minimum Gasteiger partial charge on any atom is -0.497 e. The van der Waals surface area contributed by atoms with Crippen molar-refractivity contribution in [1.29, 1.82) is 0 Å². The second-order valence-corrected chi connectivity index (χ2v) is 4.89. The van der Waals surface area contributed by atoms with Crippen molar-refractivity contribution < 1.29 is 4.74 Å². The van der Waals surface area contributed by atoms with E-state index in [1.165, 1.54) is 0 Å². The minimum absolute atomic E-state index is 0.706. The summed E-state index contributed by atoms with van der Waals surface area (Å²) in [6.45, 7) is 1.92. The Morgan fingerprint density at radius 2 is 2.00 bits per heavy atom. The lowest BCUT2D eigenvalue weighted by atomic mass is 10.1. The van der Waals surface area contributed by atoms with Gasteiger partial charge in [-0.25, -0.2) is 4.98 Å². The molecule has 3 aromatic rings. The van der Waals surface area contributed by atoms with E-state index in [1.54, 1.807) is 18.4 Å². The molecule has 2 heterocycles. The van der Waals surface area contributed by atoms with Gasteiger partial charge in [-0.15, -0.1) is 11.3 Å². The van der Waals surface area contributed by atoms with E-state index >= 15 is 0 Å². The summed E-state index contributed by atoms with van der Waals surface area (Å²) in [6.07, 6.45) is 0. The zero-order chi connectivity index (χ0) is 12.7. The number of fused-ring (bicyclic) bond motifs is 1. The SMILES string of the molecule is COc1ccc(-c2csc3nc(C)c(N)n23)cc1. The first-order chi connectivity index (χ1) is 8.70. The number of nitrogens with two attached hydrogens (primary N) is 1. The summed E-state index contributed by atoms with van der Waals surface area (Å²) in [5.74, 6) is 1.55. The van der Waals surface area contributed by atoms with Gasteiger partial charge in [0, 0.05) is 5.38 Å². The van der Waals surface area contributed by atoms with Gasteiger partial charge in [-0.1, -0.05) is 0 Å². The predicted molar refractivity (Wildman–Crippen MR) is 74.2 cm³/mol. The van der Waals surface area contributed by atoms with Gasteiger partial charge in [0.25, 0.3) is 0 Å². The van der Waals surface area contributed by atoms with Crippen molar-refractivity contribution in [2.24, 2.45) is 0 Å². The normalized spacial score (nSPS) is 11.0. The first-order valence-electron chi connectivity index (χ1n) is 5.57. The van der Waals surface area contributed by atoms with E-state index in [2.05, 4.69) is 10.4 Å². The largest absolute Gasteiger partial charge is 0.497 e. The number of rotatable bonds is 2. The van der Waals surface area contributed by atoms with Crippen molar-refractivity contribution >= 4 is 22.1 Å². The topological polar surface area (TPSA) is 52.5 Å². The maximum absolute atomic E-state index is 6.06. The second-order valence-electron chi connectivity index (χ2n) is 4.05. The molecule has 5 heteroatoms. The Labute approximate surface area is 109 Å². The average molecular weight is 259 g/mol. The van der Waals surface area contributed by atoms with E-state index in [0.29, 0.717) is 5.82 Å². The van der Waals surface area contributed by atoms with Gasteiger partial charge in [0.15, 0.2) is 4.96 Å². The molecular formula is C13H13N3OS. The van der Waals surface area contributed by atoms with Crippen LogP contribution in [0.5, 0.6) is 5.75 Å². The van der Waals surface area contributed by atoms with Crippen LogP contribution in [0.2, 0.25) is 0 Å². The van der Waals surface area contributed by atoms with Crippen molar-refractivity contribution in [3.8, 4) is 17.0 Å². The van der Waals surface area contributed by atoms with E-state index in [4.69, 9.17) is 10.5 Å². The minimum atomic E-state index is 0.706. The zero-order valence-electron chi connectivity index (χ0n) is 10.2. The first kappa shape index (κ1) is 11.1. The molecule has 0 saturated carbocycles. The van der Waals surface area contributed by atoms with Crippen molar-refractivity contribution in [3.05, 3.63) is 35.3 Å². The Hall–Kier alpha value is -2.01. The quantitative estimate of drug-likeness (QED) is 0.769. The predicted octanol–water partition coefficient (Wildman–Crippen LogP) is 2.96. The third-order valence-electron chi connectivity index (χ3n) is 2.97. The van der Waals surface area contributed by atoms with Crippen LogP contribution in [0.25, 0.3) is 16.2 Å². The number of methoxy groups -OCH3 is 1. The molecule has 0 unspecified atom stereocenters. The maximum Gasteiger partial charge on any atom is 0.196 e. The van der Waals surface area contributed by atoms with E-state index < -0.39 is 0 Å². The van der Waals surface area contributed by atoms with Crippen molar-refractivity contribution in [1.82, 2.24) is 9.38 Å². The summed E-state index contributed by atoms with van der Waals surface area (Å²) in [5, 5.41) is 2.07.